The lowest BCUT2D eigenvalue weighted by atomic mass is 10.0. The Kier molecular flexibility index (Phi) is 27.7. The summed E-state index contributed by atoms with van der Waals surface area (Å²) in [4.78, 5) is 10.6. The van der Waals surface area contributed by atoms with Crippen LogP contribution >= 0.6 is 0 Å². The van der Waals surface area contributed by atoms with Gasteiger partial charge < -0.3 is 10.2 Å². The molecule has 0 heterocycles. The van der Waals surface area contributed by atoms with Crippen LogP contribution in [0.1, 0.15) is 135 Å². The number of hydrogen-bond donors (Lipinski definition) is 2. The van der Waals surface area contributed by atoms with Crippen molar-refractivity contribution in [2.75, 3.05) is 33.0 Å². The van der Waals surface area contributed by atoms with Gasteiger partial charge in [0.05, 0.1) is 33.0 Å². The number of unbranched alkanes of at least 4 members (excludes halogenated alkanes) is 19. The van der Waals surface area contributed by atoms with Crippen molar-refractivity contribution >= 4 is 0 Å². The molecule has 0 amide bonds. The minimum Gasteiger partial charge on any atom is -0.394 e. The number of nitrogens with zero attached hydrogens (tertiary/aromatic N) is 1. The molecule has 5 nitrogen and oxygen atoms in total. The Morgan fingerprint density at radius 3 is 1.03 bits per heavy atom. The molecule has 0 saturated heterocycles. The average Bonchev–Trinajstić information content (AvgIpc) is 2.79. The van der Waals surface area contributed by atoms with Gasteiger partial charge in [-0.15, -0.1) is 0 Å². The van der Waals surface area contributed by atoms with Crippen LogP contribution in [-0.4, -0.2) is 48.4 Å². The first-order valence-electron chi connectivity index (χ1n) is 13.6. The molecule has 188 valence electrons. The molecule has 0 saturated carbocycles. The highest BCUT2D eigenvalue weighted by Crippen LogP contribution is 2.15. The van der Waals surface area contributed by atoms with Crippen LogP contribution < -0.4 is 0 Å². The molecule has 0 spiro atoms. The summed E-state index contributed by atoms with van der Waals surface area (Å²) in [5.74, 6) is 0. The van der Waals surface area contributed by atoms with E-state index in [1.807, 2.05) is 0 Å². The molecule has 0 aliphatic rings. The van der Waals surface area contributed by atoms with Gasteiger partial charge in [-0.2, -0.15) is 0 Å². The fourth-order valence-electron chi connectivity index (χ4n) is 3.95. The molecule has 2 N–H and O–H groups in total. The van der Waals surface area contributed by atoms with Crippen molar-refractivity contribution in [1.82, 2.24) is 5.23 Å². The molecule has 5 heteroatoms. The third kappa shape index (κ3) is 25.9. The Labute approximate surface area is 193 Å². The normalized spacial score (nSPS) is 11.6. The van der Waals surface area contributed by atoms with Crippen LogP contribution in [0.2, 0.25) is 0 Å². The molecule has 0 aliphatic carbocycles. The monoisotopic (exact) mass is 445 g/mol. The summed E-state index contributed by atoms with van der Waals surface area (Å²) in [6, 6.07) is 0. The van der Waals surface area contributed by atoms with E-state index in [1.165, 1.54) is 127 Å². The number of aliphatic hydroxyl groups excluding tert-OH is 2. The number of hydrogen-bond acceptors (Lipinski definition) is 5. The van der Waals surface area contributed by atoms with Gasteiger partial charge in [0.25, 0.3) is 0 Å². The molecule has 0 fully saturated rings. The van der Waals surface area contributed by atoms with Gasteiger partial charge in [0.1, 0.15) is 0 Å². The largest absolute Gasteiger partial charge is 0.394 e. The maximum absolute atomic E-state index is 8.82. The van der Waals surface area contributed by atoms with E-state index < -0.39 is 0 Å². The maximum Gasteiger partial charge on any atom is 0.0942 e. The molecule has 0 atom stereocenters. The number of hydroxylamine groups is 2. The molecular weight excluding hydrogens is 390 g/mol. The molecule has 0 unspecified atom stereocenters. The van der Waals surface area contributed by atoms with Gasteiger partial charge in [-0.25, -0.2) is 0 Å². The Bertz CT molecular complexity index is 310. The predicted molar refractivity (Wildman–Crippen MR) is 131 cm³/mol. The van der Waals surface area contributed by atoms with Crippen LogP contribution in [0.3, 0.4) is 0 Å². The summed E-state index contributed by atoms with van der Waals surface area (Å²) in [5.41, 5.74) is 0. The molecule has 0 aromatic carbocycles. The summed E-state index contributed by atoms with van der Waals surface area (Å²) >= 11 is 0. The van der Waals surface area contributed by atoms with Crippen LogP contribution in [-0.2, 0) is 9.68 Å². The molecule has 0 radical (unpaired) electrons. The Balaban J connectivity index is 3.20. The predicted octanol–water partition coefficient (Wildman–Crippen LogP) is 6.96. The van der Waals surface area contributed by atoms with Crippen LogP contribution in [0.4, 0.5) is 0 Å². The minimum atomic E-state index is -0.0295. The van der Waals surface area contributed by atoms with E-state index >= 15 is 0 Å². The summed E-state index contributed by atoms with van der Waals surface area (Å²) in [7, 11) is 0. The van der Waals surface area contributed by atoms with Crippen molar-refractivity contribution in [2.24, 2.45) is 0 Å². The standard InChI is InChI=1S/C26H55NO4/c1-2-3-4-5-6-7-8-9-10-11-12-13-14-15-16-17-18-19-20-21-22-27(30-25-23-28)31-26-24-29/h28-29H,2-26H2,1H3. The zero-order valence-corrected chi connectivity index (χ0v) is 20.8. The van der Waals surface area contributed by atoms with Crippen molar-refractivity contribution in [3.05, 3.63) is 0 Å². The summed E-state index contributed by atoms with van der Waals surface area (Å²) in [6.07, 6.45) is 27.5. The second-order valence-corrected chi connectivity index (χ2v) is 8.89. The summed E-state index contributed by atoms with van der Waals surface area (Å²) < 4.78 is 0. The smallest absolute Gasteiger partial charge is 0.0942 e. The lowest BCUT2D eigenvalue weighted by Crippen LogP contribution is -2.28. The van der Waals surface area contributed by atoms with E-state index in [1.54, 1.807) is 0 Å². The molecule has 0 rings (SSSR count). The Morgan fingerprint density at radius 1 is 0.452 bits per heavy atom. The van der Waals surface area contributed by atoms with Gasteiger partial charge >= 0.3 is 0 Å². The summed E-state index contributed by atoms with van der Waals surface area (Å²) in [5, 5.41) is 19.1. The molecule has 0 aromatic heterocycles. The topological polar surface area (TPSA) is 62.2 Å². The average molecular weight is 446 g/mol. The fourth-order valence-corrected chi connectivity index (χ4v) is 3.95. The lowest BCUT2D eigenvalue weighted by Gasteiger charge is -2.20. The van der Waals surface area contributed by atoms with Gasteiger partial charge in [-0.05, 0) is 6.42 Å². The fraction of sp³-hybridized carbons (Fsp3) is 1.00. The van der Waals surface area contributed by atoms with E-state index in [-0.39, 0.29) is 26.4 Å². The first-order valence-corrected chi connectivity index (χ1v) is 13.6. The highest BCUT2D eigenvalue weighted by atomic mass is 16.9. The number of aliphatic hydroxyl groups is 2. The van der Waals surface area contributed by atoms with Crippen molar-refractivity contribution in [3.63, 3.8) is 0 Å². The van der Waals surface area contributed by atoms with E-state index in [9.17, 15) is 0 Å². The van der Waals surface area contributed by atoms with Crippen molar-refractivity contribution < 1.29 is 19.9 Å². The molecule has 0 aromatic rings. The van der Waals surface area contributed by atoms with Crippen molar-refractivity contribution in [3.8, 4) is 0 Å². The second kappa shape index (κ2) is 27.8. The summed E-state index contributed by atoms with van der Waals surface area (Å²) in [6.45, 7) is 3.36. The van der Waals surface area contributed by atoms with Crippen LogP contribution in [0.15, 0.2) is 0 Å². The maximum atomic E-state index is 8.82. The Morgan fingerprint density at radius 2 is 0.742 bits per heavy atom. The van der Waals surface area contributed by atoms with E-state index in [0.717, 1.165) is 6.42 Å². The highest BCUT2D eigenvalue weighted by Gasteiger charge is 2.05. The minimum absolute atomic E-state index is 0.0295. The first kappa shape index (κ1) is 30.8. The Hall–Kier alpha value is -0.200. The van der Waals surface area contributed by atoms with Gasteiger partial charge in [0, 0.05) is 0 Å². The van der Waals surface area contributed by atoms with Crippen LogP contribution in [0, 0.1) is 0 Å². The third-order valence-electron chi connectivity index (χ3n) is 5.85. The lowest BCUT2D eigenvalue weighted by molar-refractivity contribution is -0.371. The third-order valence-corrected chi connectivity index (χ3v) is 5.85. The van der Waals surface area contributed by atoms with Gasteiger partial charge in [-0.1, -0.05) is 134 Å². The van der Waals surface area contributed by atoms with Crippen molar-refractivity contribution in [2.45, 2.75) is 135 Å². The van der Waals surface area contributed by atoms with E-state index in [4.69, 9.17) is 19.9 Å². The van der Waals surface area contributed by atoms with E-state index in [0.29, 0.717) is 6.54 Å². The van der Waals surface area contributed by atoms with Crippen LogP contribution in [0.5, 0.6) is 0 Å². The second-order valence-electron chi connectivity index (χ2n) is 8.89. The van der Waals surface area contributed by atoms with E-state index in [2.05, 4.69) is 6.92 Å². The number of rotatable bonds is 27. The van der Waals surface area contributed by atoms with Crippen LogP contribution in [0.25, 0.3) is 0 Å². The van der Waals surface area contributed by atoms with Gasteiger partial charge in [0.15, 0.2) is 0 Å². The molecule has 0 bridgehead atoms. The molecule has 31 heavy (non-hydrogen) atoms. The van der Waals surface area contributed by atoms with Gasteiger partial charge in [-0.3, -0.25) is 9.68 Å². The van der Waals surface area contributed by atoms with Crippen molar-refractivity contribution in [1.29, 1.82) is 0 Å². The molecule has 0 aliphatic heterocycles. The van der Waals surface area contributed by atoms with Gasteiger partial charge in [0.2, 0.25) is 0 Å². The zero-order chi connectivity index (χ0) is 22.7. The quantitative estimate of drug-likeness (QED) is 0.106. The first-order chi connectivity index (χ1) is 15.3. The highest BCUT2D eigenvalue weighted by molar-refractivity contribution is 4.51. The molecular formula is C26H55NO4. The zero-order valence-electron chi connectivity index (χ0n) is 20.8. The SMILES string of the molecule is CCCCCCCCCCCCCCCCCCCCCCN(OCCO)OCCO.